The first-order valence-electron chi connectivity index (χ1n) is 7.00. The lowest BCUT2D eigenvalue weighted by Crippen LogP contribution is -2.26. The van der Waals surface area contributed by atoms with Crippen molar-refractivity contribution in [2.45, 2.75) is 6.42 Å². The summed E-state index contributed by atoms with van der Waals surface area (Å²) in [5.74, 6) is -0.0384. The van der Waals surface area contributed by atoms with Gasteiger partial charge in [-0.15, -0.1) is 0 Å². The highest BCUT2D eigenvalue weighted by Gasteiger charge is 2.00. The largest absolute Gasteiger partial charge is 0.375 e. The van der Waals surface area contributed by atoms with Gasteiger partial charge in [-0.1, -0.05) is 18.2 Å². The van der Waals surface area contributed by atoms with Gasteiger partial charge in [0.25, 0.3) is 0 Å². The van der Waals surface area contributed by atoms with Gasteiger partial charge >= 0.3 is 0 Å². The van der Waals surface area contributed by atoms with Gasteiger partial charge in [-0.05, 0) is 47.0 Å². The number of nitrogens with one attached hydrogen (secondary N) is 1. The lowest BCUT2D eigenvalue weighted by Gasteiger charge is -2.18. The second-order valence-corrected chi connectivity index (χ2v) is 5.57. The summed E-state index contributed by atoms with van der Waals surface area (Å²) >= 11 is 1.63. The van der Waals surface area contributed by atoms with Gasteiger partial charge in [0.2, 0.25) is 5.91 Å². The second kappa shape index (κ2) is 8.27. The van der Waals surface area contributed by atoms with Crippen molar-refractivity contribution in [2.24, 2.45) is 0 Å². The fourth-order valence-corrected chi connectivity index (χ4v) is 2.57. The molecule has 0 bridgehead atoms. The van der Waals surface area contributed by atoms with Crippen LogP contribution in [0.5, 0.6) is 0 Å². The molecule has 0 radical (unpaired) electrons. The number of thiophene rings is 1. The number of carbonyl (C=O) groups is 1. The Balaban J connectivity index is 1.64. The van der Waals surface area contributed by atoms with Gasteiger partial charge in [-0.25, -0.2) is 0 Å². The molecule has 2 rings (SSSR count). The zero-order valence-electron chi connectivity index (χ0n) is 12.2. The van der Waals surface area contributed by atoms with Crippen LogP contribution in [0.4, 0.5) is 5.69 Å². The van der Waals surface area contributed by atoms with Crippen LogP contribution in [-0.2, 0) is 4.79 Å². The number of para-hydroxylation sites is 1. The first-order valence-corrected chi connectivity index (χ1v) is 7.94. The molecule has 0 saturated carbocycles. The minimum atomic E-state index is -0.0384. The van der Waals surface area contributed by atoms with Crippen LogP contribution in [0.1, 0.15) is 12.0 Å². The number of hydrogen-bond donors (Lipinski definition) is 1. The van der Waals surface area contributed by atoms with E-state index >= 15 is 0 Å². The second-order valence-electron chi connectivity index (χ2n) is 4.79. The van der Waals surface area contributed by atoms with Crippen molar-refractivity contribution in [3.05, 3.63) is 58.8 Å². The normalized spacial score (nSPS) is 10.7. The van der Waals surface area contributed by atoms with Crippen molar-refractivity contribution >= 4 is 29.0 Å². The van der Waals surface area contributed by atoms with E-state index in [-0.39, 0.29) is 5.91 Å². The molecule has 0 atom stereocenters. The number of benzene rings is 1. The maximum atomic E-state index is 11.6. The Hall–Kier alpha value is -2.07. The molecule has 3 nitrogen and oxygen atoms in total. The number of anilines is 1. The van der Waals surface area contributed by atoms with E-state index in [1.165, 1.54) is 5.69 Å². The monoisotopic (exact) mass is 300 g/mol. The summed E-state index contributed by atoms with van der Waals surface area (Å²) in [5, 5.41) is 6.91. The fraction of sp³-hybridized carbons (Fsp3) is 0.235. The minimum absolute atomic E-state index is 0.0384. The summed E-state index contributed by atoms with van der Waals surface area (Å²) in [4.78, 5) is 13.8. The molecule has 21 heavy (non-hydrogen) atoms. The van der Waals surface area contributed by atoms with E-state index in [0.29, 0.717) is 6.54 Å². The van der Waals surface area contributed by atoms with Crippen LogP contribution in [0.15, 0.2) is 53.2 Å². The highest BCUT2D eigenvalue weighted by atomic mass is 32.1. The van der Waals surface area contributed by atoms with Gasteiger partial charge < -0.3 is 10.2 Å². The standard InChI is InChI=1S/C17H20N2OS/c1-19(16-6-3-2-4-7-16)12-5-11-18-17(20)9-8-15-10-13-21-14-15/h2-4,6-10,13-14H,5,11-12H2,1H3,(H,18,20)/b9-8+. The van der Waals surface area contributed by atoms with Gasteiger partial charge in [0, 0.05) is 31.9 Å². The summed E-state index contributed by atoms with van der Waals surface area (Å²) < 4.78 is 0. The van der Waals surface area contributed by atoms with Crippen LogP contribution >= 0.6 is 11.3 Å². The molecule has 110 valence electrons. The summed E-state index contributed by atoms with van der Waals surface area (Å²) in [6.07, 6.45) is 4.34. The Morgan fingerprint density at radius 2 is 2.10 bits per heavy atom. The van der Waals surface area contributed by atoms with E-state index in [1.807, 2.05) is 41.1 Å². The van der Waals surface area contributed by atoms with E-state index in [4.69, 9.17) is 0 Å². The molecule has 1 aromatic carbocycles. The maximum absolute atomic E-state index is 11.6. The Labute approximate surface area is 129 Å². The van der Waals surface area contributed by atoms with Gasteiger partial charge in [-0.3, -0.25) is 4.79 Å². The average Bonchev–Trinajstić information content (AvgIpc) is 3.03. The van der Waals surface area contributed by atoms with Crippen molar-refractivity contribution in [1.82, 2.24) is 5.32 Å². The molecule has 0 aliphatic rings. The molecule has 1 heterocycles. The molecule has 0 saturated heterocycles. The Kier molecular flexibility index (Phi) is 6.03. The predicted molar refractivity (Wildman–Crippen MR) is 90.7 cm³/mol. The number of hydrogen-bond acceptors (Lipinski definition) is 3. The topological polar surface area (TPSA) is 32.3 Å². The smallest absolute Gasteiger partial charge is 0.244 e. The lowest BCUT2D eigenvalue weighted by molar-refractivity contribution is -0.116. The zero-order valence-corrected chi connectivity index (χ0v) is 13.0. The highest BCUT2D eigenvalue weighted by Crippen LogP contribution is 2.10. The van der Waals surface area contributed by atoms with Crippen molar-refractivity contribution in [1.29, 1.82) is 0 Å². The van der Waals surface area contributed by atoms with Gasteiger partial charge in [-0.2, -0.15) is 11.3 Å². The van der Waals surface area contributed by atoms with Gasteiger partial charge in [0.05, 0.1) is 0 Å². The van der Waals surface area contributed by atoms with Crippen molar-refractivity contribution in [3.8, 4) is 0 Å². The average molecular weight is 300 g/mol. The molecular weight excluding hydrogens is 280 g/mol. The number of carbonyl (C=O) groups excluding carboxylic acids is 1. The Morgan fingerprint density at radius 3 is 2.81 bits per heavy atom. The van der Waals surface area contributed by atoms with E-state index in [0.717, 1.165) is 18.5 Å². The molecular formula is C17H20N2OS. The Morgan fingerprint density at radius 1 is 1.29 bits per heavy atom. The first-order chi connectivity index (χ1) is 10.3. The van der Waals surface area contributed by atoms with Gasteiger partial charge in [0.1, 0.15) is 0 Å². The number of nitrogens with zero attached hydrogens (tertiary/aromatic N) is 1. The van der Waals surface area contributed by atoms with E-state index < -0.39 is 0 Å². The molecule has 0 spiro atoms. The molecule has 1 amide bonds. The van der Waals surface area contributed by atoms with Crippen LogP contribution in [-0.4, -0.2) is 26.0 Å². The van der Waals surface area contributed by atoms with Gasteiger partial charge in [0.15, 0.2) is 0 Å². The zero-order chi connectivity index (χ0) is 14.9. The molecule has 0 unspecified atom stereocenters. The molecule has 4 heteroatoms. The number of amides is 1. The molecule has 0 aliphatic carbocycles. The summed E-state index contributed by atoms with van der Waals surface area (Å²) in [7, 11) is 2.06. The quantitative estimate of drug-likeness (QED) is 0.628. The molecule has 0 aliphatic heterocycles. The van der Waals surface area contributed by atoms with Crippen molar-refractivity contribution in [2.75, 3.05) is 25.0 Å². The summed E-state index contributed by atoms with van der Waals surface area (Å²) in [5.41, 5.74) is 2.26. The Bertz CT molecular complexity index is 564. The van der Waals surface area contributed by atoms with Crippen LogP contribution < -0.4 is 10.2 Å². The van der Waals surface area contributed by atoms with E-state index in [1.54, 1.807) is 17.4 Å². The van der Waals surface area contributed by atoms with E-state index in [9.17, 15) is 4.79 Å². The summed E-state index contributed by atoms with van der Waals surface area (Å²) in [6.45, 7) is 1.60. The van der Waals surface area contributed by atoms with Crippen molar-refractivity contribution < 1.29 is 4.79 Å². The number of rotatable bonds is 7. The third kappa shape index (κ3) is 5.44. The SMILES string of the molecule is CN(CCCNC(=O)/C=C/c1ccsc1)c1ccccc1. The lowest BCUT2D eigenvalue weighted by atomic mass is 10.3. The van der Waals surface area contributed by atoms with Crippen LogP contribution in [0.2, 0.25) is 0 Å². The van der Waals surface area contributed by atoms with E-state index in [2.05, 4.69) is 29.4 Å². The predicted octanol–water partition coefficient (Wildman–Crippen LogP) is 3.40. The fourth-order valence-electron chi connectivity index (χ4n) is 1.94. The first kappa shape index (κ1) is 15.3. The third-order valence-corrected chi connectivity index (χ3v) is 3.84. The summed E-state index contributed by atoms with van der Waals surface area (Å²) in [6, 6.07) is 12.2. The maximum Gasteiger partial charge on any atom is 0.244 e. The van der Waals surface area contributed by atoms with Crippen LogP contribution in [0.25, 0.3) is 6.08 Å². The molecule has 0 fully saturated rings. The molecule has 1 aromatic heterocycles. The van der Waals surface area contributed by atoms with Crippen LogP contribution in [0.3, 0.4) is 0 Å². The van der Waals surface area contributed by atoms with Crippen molar-refractivity contribution in [3.63, 3.8) is 0 Å². The molecule has 1 N–H and O–H groups in total. The highest BCUT2D eigenvalue weighted by molar-refractivity contribution is 7.08. The van der Waals surface area contributed by atoms with Crippen LogP contribution in [0, 0.1) is 0 Å². The third-order valence-electron chi connectivity index (χ3n) is 3.14. The minimum Gasteiger partial charge on any atom is -0.375 e. The molecule has 2 aromatic rings.